The quantitative estimate of drug-likeness (QED) is 0.819. The van der Waals surface area contributed by atoms with Crippen molar-refractivity contribution in [2.75, 3.05) is 13.1 Å². The van der Waals surface area contributed by atoms with Gasteiger partial charge in [-0.3, -0.25) is 4.79 Å². The van der Waals surface area contributed by atoms with Gasteiger partial charge in [0.2, 0.25) is 17.6 Å². The third-order valence-electron chi connectivity index (χ3n) is 4.56. The van der Waals surface area contributed by atoms with Gasteiger partial charge in [-0.05, 0) is 18.9 Å². The van der Waals surface area contributed by atoms with Crippen molar-refractivity contribution in [3.63, 3.8) is 0 Å². The summed E-state index contributed by atoms with van der Waals surface area (Å²) in [6.07, 6.45) is -3.18. The zero-order valence-corrected chi connectivity index (χ0v) is 14.6. The van der Waals surface area contributed by atoms with Crippen molar-refractivity contribution >= 4 is 5.91 Å². The van der Waals surface area contributed by atoms with Gasteiger partial charge in [-0.15, -0.1) is 0 Å². The summed E-state index contributed by atoms with van der Waals surface area (Å²) in [5, 5.41) is 3.75. The van der Waals surface area contributed by atoms with Crippen molar-refractivity contribution in [1.82, 2.24) is 15.0 Å². The molecule has 1 aromatic heterocycles. The summed E-state index contributed by atoms with van der Waals surface area (Å²) in [7, 11) is 0. The number of hydrogen-bond donors (Lipinski definition) is 0. The monoisotopic (exact) mass is 367 g/mol. The number of carbonyl (C=O) groups is 1. The second-order valence-corrected chi connectivity index (χ2v) is 6.75. The summed E-state index contributed by atoms with van der Waals surface area (Å²) in [6, 6.07) is 5.17. The van der Waals surface area contributed by atoms with Crippen LogP contribution >= 0.6 is 0 Å². The van der Waals surface area contributed by atoms with Crippen LogP contribution in [-0.4, -0.2) is 34.0 Å². The van der Waals surface area contributed by atoms with E-state index in [1.54, 1.807) is 4.90 Å². The van der Waals surface area contributed by atoms with E-state index in [1.807, 2.05) is 13.8 Å². The lowest BCUT2D eigenvalue weighted by Gasteiger charge is -2.31. The maximum absolute atomic E-state index is 13.2. The Balaban J connectivity index is 1.75. The third kappa shape index (κ3) is 3.73. The maximum atomic E-state index is 13.2. The molecule has 2 aromatic rings. The predicted octanol–water partition coefficient (Wildman–Crippen LogP) is 4.12. The van der Waals surface area contributed by atoms with Gasteiger partial charge in [0.15, 0.2) is 0 Å². The summed E-state index contributed by atoms with van der Waals surface area (Å²) in [5.41, 5.74) is -0.882. The van der Waals surface area contributed by atoms with Gasteiger partial charge in [0.1, 0.15) is 0 Å². The minimum atomic E-state index is -4.49. The summed E-state index contributed by atoms with van der Waals surface area (Å²) < 4.78 is 44.7. The number of halogens is 3. The van der Waals surface area contributed by atoms with E-state index in [9.17, 15) is 18.0 Å². The van der Waals surface area contributed by atoms with Crippen LogP contribution in [0.1, 0.15) is 44.1 Å². The van der Waals surface area contributed by atoms with E-state index in [2.05, 4.69) is 10.1 Å². The Bertz CT molecular complexity index is 778. The molecule has 1 saturated heterocycles. The van der Waals surface area contributed by atoms with Crippen LogP contribution in [0.2, 0.25) is 0 Å². The molecule has 8 heteroatoms. The lowest BCUT2D eigenvalue weighted by atomic mass is 9.96. The molecule has 0 saturated carbocycles. The van der Waals surface area contributed by atoms with Crippen LogP contribution in [-0.2, 0) is 11.0 Å². The zero-order valence-electron chi connectivity index (χ0n) is 14.6. The van der Waals surface area contributed by atoms with Gasteiger partial charge in [-0.25, -0.2) is 0 Å². The fraction of sp³-hybridized carbons (Fsp3) is 0.500. The third-order valence-corrected chi connectivity index (χ3v) is 4.56. The van der Waals surface area contributed by atoms with Gasteiger partial charge in [-0.2, -0.15) is 18.2 Å². The van der Waals surface area contributed by atoms with Crippen molar-refractivity contribution in [3.05, 3.63) is 35.7 Å². The SMILES string of the molecule is CC(C)C(=O)N1CCC(c2nc(-c3ccccc3C(F)(F)F)no2)CC1. The average molecular weight is 367 g/mol. The Kier molecular flexibility index (Phi) is 5.02. The van der Waals surface area contributed by atoms with Crippen LogP contribution in [0.5, 0.6) is 0 Å². The molecule has 140 valence electrons. The highest BCUT2D eigenvalue weighted by Crippen LogP contribution is 2.36. The summed E-state index contributed by atoms with van der Waals surface area (Å²) >= 11 is 0. The van der Waals surface area contributed by atoms with Crippen LogP contribution in [0.4, 0.5) is 13.2 Å². The topological polar surface area (TPSA) is 59.2 Å². The molecule has 1 amide bonds. The lowest BCUT2D eigenvalue weighted by Crippen LogP contribution is -2.40. The Morgan fingerprint density at radius 1 is 1.23 bits per heavy atom. The molecule has 0 unspecified atom stereocenters. The highest BCUT2D eigenvalue weighted by Gasteiger charge is 2.35. The van der Waals surface area contributed by atoms with Crippen LogP contribution in [0.3, 0.4) is 0 Å². The van der Waals surface area contributed by atoms with Gasteiger partial charge in [-0.1, -0.05) is 37.2 Å². The van der Waals surface area contributed by atoms with Crippen molar-refractivity contribution in [2.24, 2.45) is 5.92 Å². The van der Waals surface area contributed by atoms with Crippen molar-refractivity contribution < 1.29 is 22.5 Å². The van der Waals surface area contributed by atoms with Gasteiger partial charge < -0.3 is 9.42 Å². The molecule has 26 heavy (non-hydrogen) atoms. The highest BCUT2D eigenvalue weighted by atomic mass is 19.4. The van der Waals surface area contributed by atoms with E-state index in [4.69, 9.17) is 4.52 Å². The second-order valence-electron chi connectivity index (χ2n) is 6.75. The minimum absolute atomic E-state index is 0.0505. The molecule has 1 aliphatic heterocycles. The molecule has 0 aliphatic carbocycles. The van der Waals surface area contributed by atoms with Crippen LogP contribution in [0.25, 0.3) is 11.4 Å². The van der Waals surface area contributed by atoms with Crippen molar-refractivity contribution in [2.45, 2.75) is 38.8 Å². The van der Waals surface area contributed by atoms with Crippen molar-refractivity contribution in [3.8, 4) is 11.4 Å². The largest absolute Gasteiger partial charge is 0.417 e. The molecule has 0 bridgehead atoms. The first-order valence-electron chi connectivity index (χ1n) is 8.56. The summed E-state index contributed by atoms with van der Waals surface area (Å²) in [6.45, 7) is 4.88. The van der Waals surface area contributed by atoms with Crippen LogP contribution in [0, 0.1) is 5.92 Å². The fourth-order valence-corrected chi connectivity index (χ4v) is 3.15. The van der Waals surface area contributed by atoms with E-state index < -0.39 is 11.7 Å². The van der Waals surface area contributed by atoms with Gasteiger partial charge in [0.05, 0.1) is 5.56 Å². The summed E-state index contributed by atoms with van der Waals surface area (Å²) in [5.74, 6) is 0.266. The van der Waals surface area contributed by atoms with E-state index in [0.29, 0.717) is 31.8 Å². The predicted molar refractivity (Wildman–Crippen MR) is 88.1 cm³/mol. The molecule has 1 fully saturated rings. The average Bonchev–Trinajstić information content (AvgIpc) is 3.10. The molecule has 0 atom stereocenters. The zero-order chi connectivity index (χ0) is 18.9. The molecule has 5 nitrogen and oxygen atoms in total. The van der Waals surface area contributed by atoms with Crippen molar-refractivity contribution in [1.29, 1.82) is 0 Å². The fourth-order valence-electron chi connectivity index (χ4n) is 3.15. The molecule has 0 N–H and O–H groups in total. The van der Waals surface area contributed by atoms with Gasteiger partial charge in [0, 0.05) is 30.5 Å². The number of piperidine rings is 1. The maximum Gasteiger partial charge on any atom is 0.417 e. The molecular formula is C18H20F3N3O2. The summed E-state index contributed by atoms with van der Waals surface area (Å²) in [4.78, 5) is 18.0. The lowest BCUT2D eigenvalue weighted by molar-refractivity contribution is -0.137. The molecule has 0 radical (unpaired) electrons. The number of alkyl halides is 3. The standard InChI is InChI=1S/C18H20F3N3O2/c1-11(2)17(25)24-9-7-12(8-10-24)16-22-15(23-26-16)13-5-3-4-6-14(13)18(19,20)21/h3-6,11-12H,7-10H2,1-2H3. The van der Waals surface area contributed by atoms with Gasteiger partial charge in [0.25, 0.3) is 0 Å². The van der Waals surface area contributed by atoms with E-state index >= 15 is 0 Å². The number of likely N-dealkylation sites (tertiary alicyclic amines) is 1. The highest BCUT2D eigenvalue weighted by molar-refractivity contribution is 5.78. The molecule has 2 heterocycles. The first kappa shape index (κ1) is 18.4. The molecule has 3 rings (SSSR count). The number of nitrogens with zero attached hydrogens (tertiary/aromatic N) is 3. The number of benzene rings is 1. The molecule has 0 spiro atoms. The van der Waals surface area contributed by atoms with Crippen LogP contribution in [0.15, 0.2) is 28.8 Å². The Hall–Kier alpha value is -2.38. The molecule has 1 aromatic carbocycles. The van der Waals surface area contributed by atoms with E-state index in [1.165, 1.54) is 18.2 Å². The Morgan fingerprint density at radius 2 is 1.88 bits per heavy atom. The number of rotatable bonds is 3. The Morgan fingerprint density at radius 3 is 2.50 bits per heavy atom. The van der Waals surface area contributed by atoms with Gasteiger partial charge >= 0.3 is 6.18 Å². The normalized spacial score (nSPS) is 16.3. The smallest absolute Gasteiger partial charge is 0.342 e. The molecule has 1 aliphatic rings. The minimum Gasteiger partial charge on any atom is -0.342 e. The first-order valence-corrected chi connectivity index (χ1v) is 8.56. The van der Waals surface area contributed by atoms with E-state index in [-0.39, 0.29) is 29.1 Å². The number of aromatic nitrogens is 2. The number of hydrogen-bond acceptors (Lipinski definition) is 4. The second kappa shape index (κ2) is 7.09. The van der Waals surface area contributed by atoms with E-state index in [0.717, 1.165) is 6.07 Å². The number of carbonyl (C=O) groups excluding carboxylic acids is 1. The number of amides is 1. The molecular weight excluding hydrogens is 347 g/mol. The van der Waals surface area contributed by atoms with Crippen LogP contribution < -0.4 is 0 Å². The Labute approximate surface area is 149 Å². The first-order chi connectivity index (χ1) is 12.3.